The fraction of sp³-hybridized carbons (Fsp3) is 0.167. The summed E-state index contributed by atoms with van der Waals surface area (Å²) in [4.78, 5) is 11.6. The molecule has 114 valence electrons. The number of alkyl halides is 1. The van der Waals surface area contributed by atoms with E-state index in [0.29, 0.717) is 6.54 Å². The van der Waals surface area contributed by atoms with Gasteiger partial charge in [0.2, 0.25) is 0 Å². The Morgan fingerprint density at radius 2 is 1.86 bits per heavy atom. The van der Waals surface area contributed by atoms with E-state index in [2.05, 4.69) is 33.4 Å². The number of carbonyl (C=O) groups excluding carboxylic acids is 1. The van der Waals surface area contributed by atoms with Gasteiger partial charge in [0, 0.05) is 11.9 Å². The number of alkyl carbamates (subject to hydrolysis) is 1. The van der Waals surface area contributed by atoms with Crippen LogP contribution in [0.25, 0.3) is 6.08 Å². The molecular formula is C18H18BrNO2. The highest BCUT2D eigenvalue weighted by Crippen LogP contribution is 2.10. The number of nitrogens with one attached hydrogen (secondary N) is 1. The summed E-state index contributed by atoms with van der Waals surface area (Å²) in [7, 11) is 0. The van der Waals surface area contributed by atoms with Gasteiger partial charge in [-0.1, -0.05) is 82.7 Å². The lowest BCUT2D eigenvalue weighted by Gasteiger charge is -2.05. The summed E-state index contributed by atoms with van der Waals surface area (Å²) in [6, 6.07) is 17.8. The van der Waals surface area contributed by atoms with Crippen LogP contribution in [-0.4, -0.2) is 12.6 Å². The summed E-state index contributed by atoms with van der Waals surface area (Å²) in [5.41, 5.74) is 3.30. The molecule has 2 aromatic rings. The first-order chi connectivity index (χ1) is 10.8. The van der Waals surface area contributed by atoms with Gasteiger partial charge in [-0.2, -0.15) is 0 Å². The molecule has 0 saturated carbocycles. The Morgan fingerprint density at radius 1 is 1.09 bits per heavy atom. The molecule has 1 amide bonds. The summed E-state index contributed by atoms with van der Waals surface area (Å²) in [5, 5.41) is 3.53. The maximum atomic E-state index is 11.6. The number of benzene rings is 2. The van der Waals surface area contributed by atoms with Crippen LogP contribution in [0.15, 0.2) is 60.7 Å². The first-order valence-electron chi connectivity index (χ1n) is 7.04. The minimum Gasteiger partial charge on any atom is -0.445 e. The molecule has 22 heavy (non-hydrogen) atoms. The van der Waals surface area contributed by atoms with Gasteiger partial charge in [0.15, 0.2) is 0 Å². The number of ether oxygens (including phenoxy) is 1. The molecule has 0 aliphatic heterocycles. The van der Waals surface area contributed by atoms with Crippen LogP contribution in [0, 0.1) is 0 Å². The predicted molar refractivity (Wildman–Crippen MR) is 92.7 cm³/mol. The molecule has 0 atom stereocenters. The summed E-state index contributed by atoms with van der Waals surface area (Å²) < 4.78 is 5.13. The molecule has 0 aromatic heterocycles. The number of amides is 1. The summed E-state index contributed by atoms with van der Waals surface area (Å²) >= 11 is 3.43. The van der Waals surface area contributed by atoms with E-state index in [1.54, 1.807) is 0 Å². The number of hydrogen-bond acceptors (Lipinski definition) is 2. The molecule has 1 N–H and O–H groups in total. The largest absolute Gasteiger partial charge is 0.445 e. The molecule has 0 fully saturated rings. The van der Waals surface area contributed by atoms with Crippen molar-refractivity contribution >= 4 is 28.1 Å². The van der Waals surface area contributed by atoms with E-state index in [-0.39, 0.29) is 6.61 Å². The van der Waals surface area contributed by atoms with Crippen LogP contribution >= 0.6 is 15.9 Å². The van der Waals surface area contributed by atoms with E-state index in [0.717, 1.165) is 16.5 Å². The third kappa shape index (κ3) is 5.74. The average Bonchev–Trinajstić information content (AvgIpc) is 2.58. The van der Waals surface area contributed by atoms with E-state index in [9.17, 15) is 4.79 Å². The topological polar surface area (TPSA) is 38.3 Å². The highest BCUT2D eigenvalue weighted by Gasteiger charge is 2.00. The number of carbonyl (C=O) groups is 1. The Balaban J connectivity index is 1.71. The van der Waals surface area contributed by atoms with Crippen LogP contribution in [0.4, 0.5) is 4.79 Å². The maximum Gasteiger partial charge on any atom is 0.407 e. The first kappa shape index (κ1) is 16.3. The average molecular weight is 360 g/mol. The van der Waals surface area contributed by atoms with Crippen LogP contribution in [0.3, 0.4) is 0 Å². The van der Waals surface area contributed by atoms with E-state index in [1.807, 2.05) is 54.6 Å². The lowest BCUT2D eigenvalue weighted by Crippen LogP contribution is -2.24. The first-order valence-corrected chi connectivity index (χ1v) is 8.16. The van der Waals surface area contributed by atoms with Gasteiger partial charge in [-0.05, 0) is 16.7 Å². The number of hydrogen-bond donors (Lipinski definition) is 1. The van der Waals surface area contributed by atoms with Crippen LogP contribution in [0.1, 0.15) is 16.7 Å². The molecule has 0 radical (unpaired) electrons. The fourth-order valence-corrected chi connectivity index (χ4v) is 2.24. The van der Waals surface area contributed by atoms with E-state index < -0.39 is 6.09 Å². The number of rotatable bonds is 6. The fourth-order valence-electron chi connectivity index (χ4n) is 1.89. The smallest absolute Gasteiger partial charge is 0.407 e. The molecule has 0 aliphatic carbocycles. The second-order valence-electron chi connectivity index (χ2n) is 4.72. The minimum atomic E-state index is -0.414. The maximum absolute atomic E-state index is 11.6. The van der Waals surface area contributed by atoms with Crippen molar-refractivity contribution in [1.29, 1.82) is 0 Å². The van der Waals surface area contributed by atoms with E-state index in [1.165, 1.54) is 5.56 Å². The van der Waals surface area contributed by atoms with Crippen molar-refractivity contribution in [2.75, 3.05) is 6.54 Å². The molecule has 0 aliphatic rings. The van der Waals surface area contributed by atoms with Crippen molar-refractivity contribution in [2.45, 2.75) is 11.9 Å². The van der Waals surface area contributed by atoms with Crippen molar-refractivity contribution in [2.24, 2.45) is 0 Å². The van der Waals surface area contributed by atoms with Crippen molar-refractivity contribution < 1.29 is 9.53 Å². The molecule has 0 heterocycles. The minimum absolute atomic E-state index is 0.281. The summed E-state index contributed by atoms with van der Waals surface area (Å²) in [6.45, 7) is 0.718. The molecule has 2 aromatic carbocycles. The Morgan fingerprint density at radius 3 is 2.64 bits per heavy atom. The van der Waals surface area contributed by atoms with Crippen molar-refractivity contribution in [3.05, 3.63) is 77.4 Å². The van der Waals surface area contributed by atoms with Crippen molar-refractivity contribution in [3.63, 3.8) is 0 Å². The summed E-state index contributed by atoms with van der Waals surface area (Å²) in [5.74, 6) is 0. The second kappa shape index (κ2) is 9.05. The monoisotopic (exact) mass is 359 g/mol. The molecule has 2 rings (SSSR count). The van der Waals surface area contributed by atoms with Crippen LogP contribution < -0.4 is 5.32 Å². The standard InChI is InChI=1S/C18H18BrNO2/c19-13-17-9-4-8-15(12-17)10-5-11-20-18(21)22-14-16-6-2-1-3-7-16/h1-10,12H,11,13-14H2,(H,20,21). The molecule has 0 bridgehead atoms. The van der Waals surface area contributed by atoms with Gasteiger partial charge in [-0.3, -0.25) is 0 Å². The Kier molecular flexibility index (Phi) is 6.71. The van der Waals surface area contributed by atoms with Gasteiger partial charge < -0.3 is 10.1 Å². The van der Waals surface area contributed by atoms with E-state index in [4.69, 9.17) is 4.74 Å². The van der Waals surface area contributed by atoms with Crippen LogP contribution in [0.2, 0.25) is 0 Å². The zero-order valence-electron chi connectivity index (χ0n) is 12.2. The second-order valence-corrected chi connectivity index (χ2v) is 5.28. The molecule has 0 saturated heterocycles. The molecular weight excluding hydrogens is 342 g/mol. The Hall–Kier alpha value is -2.07. The third-order valence-electron chi connectivity index (χ3n) is 2.99. The highest BCUT2D eigenvalue weighted by molar-refractivity contribution is 9.08. The summed E-state index contributed by atoms with van der Waals surface area (Å²) in [6.07, 6.45) is 3.46. The lowest BCUT2D eigenvalue weighted by molar-refractivity contribution is 0.141. The molecule has 0 unspecified atom stereocenters. The van der Waals surface area contributed by atoms with E-state index >= 15 is 0 Å². The highest BCUT2D eigenvalue weighted by atomic mass is 79.9. The van der Waals surface area contributed by atoms with Gasteiger partial charge in [0.1, 0.15) is 6.61 Å². The molecule has 4 heteroatoms. The van der Waals surface area contributed by atoms with Gasteiger partial charge >= 0.3 is 6.09 Å². The van der Waals surface area contributed by atoms with Gasteiger partial charge in [0.25, 0.3) is 0 Å². The zero-order valence-corrected chi connectivity index (χ0v) is 13.8. The van der Waals surface area contributed by atoms with Crippen molar-refractivity contribution in [3.8, 4) is 0 Å². The SMILES string of the molecule is O=C(NCC=Cc1cccc(CBr)c1)OCc1ccccc1. The van der Waals surface area contributed by atoms with Crippen molar-refractivity contribution in [1.82, 2.24) is 5.32 Å². The third-order valence-corrected chi connectivity index (χ3v) is 3.64. The van der Waals surface area contributed by atoms with Gasteiger partial charge in [-0.15, -0.1) is 0 Å². The van der Waals surface area contributed by atoms with Crippen LogP contribution in [0.5, 0.6) is 0 Å². The Bertz CT molecular complexity index is 626. The van der Waals surface area contributed by atoms with Gasteiger partial charge in [0.05, 0.1) is 0 Å². The van der Waals surface area contributed by atoms with Gasteiger partial charge in [-0.25, -0.2) is 4.79 Å². The zero-order chi connectivity index (χ0) is 15.6. The molecule has 3 nitrogen and oxygen atoms in total. The molecule has 0 spiro atoms. The number of halogens is 1. The predicted octanol–water partition coefficient (Wildman–Crippen LogP) is 4.52. The normalized spacial score (nSPS) is 10.6. The lowest BCUT2D eigenvalue weighted by atomic mass is 10.1. The van der Waals surface area contributed by atoms with Crippen LogP contribution in [-0.2, 0) is 16.7 Å². The quantitative estimate of drug-likeness (QED) is 0.769. The Labute approximate surface area is 139 Å².